The van der Waals surface area contributed by atoms with Gasteiger partial charge in [0.05, 0.1) is 0 Å². The highest BCUT2D eigenvalue weighted by Gasteiger charge is 2.66. The molecule has 3 aliphatic rings. The lowest BCUT2D eigenvalue weighted by Crippen LogP contribution is -2.31. The Hall–Kier alpha value is -0.860. The number of benzene rings is 1. The minimum absolute atomic E-state index is 0.222. The summed E-state index contributed by atoms with van der Waals surface area (Å²) in [6, 6.07) is 9.51. The molecular formula is C19H28N2. The van der Waals surface area contributed by atoms with Crippen LogP contribution in [0.1, 0.15) is 57.2 Å². The number of nitrogens with two attached hydrogens (primary N) is 1. The molecule has 2 nitrogen and oxygen atoms in total. The van der Waals surface area contributed by atoms with Crippen molar-refractivity contribution in [2.45, 2.75) is 51.5 Å². The van der Waals surface area contributed by atoms with Crippen LogP contribution in [-0.2, 0) is 5.41 Å². The van der Waals surface area contributed by atoms with E-state index in [1.165, 1.54) is 30.4 Å². The van der Waals surface area contributed by atoms with E-state index < -0.39 is 0 Å². The first-order valence-corrected chi connectivity index (χ1v) is 8.57. The van der Waals surface area contributed by atoms with Gasteiger partial charge in [-0.1, -0.05) is 45.0 Å². The zero-order chi connectivity index (χ0) is 14.8. The van der Waals surface area contributed by atoms with Gasteiger partial charge < -0.3 is 0 Å². The predicted octanol–water partition coefficient (Wildman–Crippen LogP) is 3.78. The monoisotopic (exact) mass is 284 g/mol. The molecule has 0 aliphatic heterocycles. The van der Waals surface area contributed by atoms with Crippen LogP contribution in [0, 0.1) is 29.6 Å². The zero-order valence-corrected chi connectivity index (χ0v) is 13.5. The highest BCUT2D eigenvalue weighted by molar-refractivity contribution is 5.31. The Kier molecular flexibility index (Phi) is 3.00. The summed E-state index contributed by atoms with van der Waals surface area (Å²) >= 11 is 0. The number of hydrogen-bond acceptors (Lipinski definition) is 2. The van der Waals surface area contributed by atoms with Crippen molar-refractivity contribution in [3.63, 3.8) is 0 Å². The van der Waals surface area contributed by atoms with Crippen LogP contribution in [0.3, 0.4) is 0 Å². The van der Waals surface area contributed by atoms with Crippen molar-refractivity contribution in [2.24, 2.45) is 35.4 Å². The molecule has 5 atom stereocenters. The quantitative estimate of drug-likeness (QED) is 0.655. The summed E-state index contributed by atoms with van der Waals surface area (Å²) in [6.45, 7) is 6.80. The third-order valence-corrected chi connectivity index (χ3v) is 6.50. The maximum atomic E-state index is 5.93. The van der Waals surface area contributed by atoms with Crippen molar-refractivity contribution >= 4 is 0 Å². The number of rotatable bonds is 3. The lowest BCUT2D eigenvalue weighted by Gasteiger charge is -2.23. The Morgan fingerprint density at radius 3 is 2.10 bits per heavy atom. The van der Waals surface area contributed by atoms with Crippen molar-refractivity contribution in [3.8, 4) is 0 Å². The van der Waals surface area contributed by atoms with Gasteiger partial charge in [-0.15, -0.1) is 0 Å². The summed E-state index contributed by atoms with van der Waals surface area (Å²) in [5, 5.41) is 0. The van der Waals surface area contributed by atoms with E-state index in [4.69, 9.17) is 5.84 Å². The van der Waals surface area contributed by atoms with Crippen LogP contribution < -0.4 is 11.3 Å². The molecule has 3 saturated carbocycles. The molecule has 2 heteroatoms. The van der Waals surface area contributed by atoms with Crippen molar-refractivity contribution in [3.05, 3.63) is 35.4 Å². The Morgan fingerprint density at radius 1 is 1.05 bits per heavy atom. The van der Waals surface area contributed by atoms with Crippen LogP contribution in [0.15, 0.2) is 24.3 Å². The van der Waals surface area contributed by atoms with Gasteiger partial charge >= 0.3 is 0 Å². The lowest BCUT2D eigenvalue weighted by atomic mass is 9.85. The number of hydrogen-bond donors (Lipinski definition) is 2. The van der Waals surface area contributed by atoms with Crippen LogP contribution in [0.25, 0.3) is 0 Å². The predicted molar refractivity (Wildman–Crippen MR) is 86.5 cm³/mol. The summed E-state index contributed by atoms with van der Waals surface area (Å²) in [5.74, 6) is 10.7. The topological polar surface area (TPSA) is 38.0 Å². The standard InChI is InChI=1S/C19H28N2/c1-19(2,3)14-8-6-11(7-9-14)18(21-20)17-15-12-4-5-13(10-12)16(15)17/h6-9,12-13,15-18,21H,4-5,10,20H2,1-3H3. The molecule has 1 aromatic carbocycles. The van der Waals surface area contributed by atoms with E-state index in [0.29, 0.717) is 6.04 Å². The molecule has 5 unspecified atom stereocenters. The van der Waals surface area contributed by atoms with Gasteiger partial charge in [0, 0.05) is 6.04 Å². The van der Waals surface area contributed by atoms with Crippen LogP contribution in [0.5, 0.6) is 0 Å². The largest absolute Gasteiger partial charge is 0.271 e. The second-order valence-corrected chi connectivity index (χ2v) is 8.58. The molecule has 0 amide bonds. The molecule has 0 aromatic heterocycles. The molecule has 0 spiro atoms. The zero-order valence-electron chi connectivity index (χ0n) is 13.5. The molecule has 21 heavy (non-hydrogen) atoms. The third-order valence-electron chi connectivity index (χ3n) is 6.50. The van der Waals surface area contributed by atoms with Gasteiger partial charge in [-0.2, -0.15) is 0 Å². The maximum absolute atomic E-state index is 5.93. The molecule has 114 valence electrons. The molecule has 4 rings (SSSR count). The first-order valence-electron chi connectivity index (χ1n) is 8.57. The van der Waals surface area contributed by atoms with Crippen molar-refractivity contribution < 1.29 is 0 Å². The van der Waals surface area contributed by atoms with Crippen LogP contribution in [0.4, 0.5) is 0 Å². The SMILES string of the molecule is CC(C)(C)c1ccc(C(NN)C2C3C4CCC(C4)C32)cc1. The molecule has 0 saturated heterocycles. The summed E-state index contributed by atoms with van der Waals surface area (Å²) in [5.41, 5.74) is 6.14. The first-order chi connectivity index (χ1) is 10.0. The average molecular weight is 284 g/mol. The van der Waals surface area contributed by atoms with E-state index >= 15 is 0 Å². The van der Waals surface area contributed by atoms with Gasteiger partial charge in [0.1, 0.15) is 0 Å². The number of fused-ring (bicyclic) bond motifs is 5. The third kappa shape index (κ3) is 2.07. The maximum Gasteiger partial charge on any atom is 0.0493 e. The van der Waals surface area contributed by atoms with Gasteiger partial charge in [0.2, 0.25) is 0 Å². The van der Waals surface area contributed by atoms with E-state index in [9.17, 15) is 0 Å². The summed E-state index contributed by atoms with van der Waals surface area (Å²) in [4.78, 5) is 0. The van der Waals surface area contributed by atoms with Gasteiger partial charge in [0.15, 0.2) is 0 Å². The summed E-state index contributed by atoms with van der Waals surface area (Å²) < 4.78 is 0. The molecule has 0 heterocycles. The Bertz CT molecular complexity index is 511. The van der Waals surface area contributed by atoms with Gasteiger partial charge in [-0.3, -0.25) is 11.3 Å². The fraction of sp³-hybridized carbons (Fsp3) is 0.684. The van der Waals surface area contributed by atoms with E-state index in [1.54, 1.807) is 0 Å². The number of nitrogens with one attached hydrogen (secondary N) is 1. The fourth-order valence-corrected chi connectivity index (χ4v) is 5.46. The fourth-order valence-electron chi connectivity index (χ4n) is 5.46. The highest BCUT2D eigenvalue weighted by Crippen LogP contribution is 2.72. The van der Waals surface area contributed by atoms with E-state index in [-0.39, 0.29) is 5.41 Å². The minimum atomic E-state index is 0.222. The van der Waals surface area contributed by atoms with Crippen LogP contribution >= 0.6 is 0 Å². The van der Waals surface area contributed by atoms with Gasteiger partial charge in [-0.25, -0.2) is 0 Å². The van der Waals surface area contributed by atoms with Gasteiger partial charge in [-0.05, 0) is 65.4 Å². The molecular weight excluding hydrogens is 256 g/mol. The molecule has 3 aliphatic carbocycles. The average Bonchev–Trinajstić information content (AvgIpc) is 2.87. The smallest absolute Gasteiger partial charge is 0.0493 e. The Morgan fingerprint density at radius 2 is 1.62 bits per heavy atom. The molecule has 2 bridgehead atoms. The van der Waals surface area contributed by atoms with Crippen molar-refractivity contribution in [2.75, 3.05) is 0 Å². The van der Waals surface area contributed by atoms with E-state index in [1.807, 2.05) is 0 Å². The van der Waals surface area contributed by atoms with Crippen LogP contribution in [0.2, 0.25) is 0 Å². The van der Waals surface area contributed by atoms with Crippen molar-refractivity contribution in [1.82, 2.24) is 5.43 Å². The number of hydrazine groups is 1. The normalized spacial score (nSPS) is 38.4. The minimum Gasteiger partial charge on any atom is -0.271 e. The highest BCUT2D eigenvalue weighted by atomic mass is 15.2. The lowest BCUT2D eigenvalue weighted by molar-refractivity contribution is 0.374. The first kappa shape index (κ1) is 13.8. The molecule has 3 fully saturated rings. The Labute approximate surface area is 128 Å². The summed E-state index contributed by atoms with van der Waals surface area (Å²) in [6.07, 6.45) is 4.46. The molecule has 3 N–H and O–H groups in total. The van der Waals surface area contributed by atoms with E-state index in [2.05, 4.69) is 50.5 Å². The molecule has 1 aromatic rings. The molecule has 0 radical (unpaired) electrons. The van der Waals surface area contributed by atoms with E-state index in [0.717, 1.165) is 29.6 Å². The van der Waals surface area contributed by atoms with Crippen molar-refractivity contribution in [1.29, 1.82) is 0 Å². The Balaban J connectivity index is 1.55. The second-order valence-electron chi connectivity index (χ2n) is 8.58. The van der Waals surface area contributed by atoms with Crippen LogP contribution in [-0.4, -0.2) is 0 Å². The van der Waals surface area contributed by atoms with Gasteiger partial charge in [0.25, 0.3) is 0 Å². The summed E-state index contributed by atoms with van der Waals surface area (Å²) in [7, 11) is 0. The second kappa shape index (κ2) is 4.57.